The lowest BCUT2D eigenvalue weighted by molar-refractivity contribution is 0.0972. The molecule has 188 valence electrons. The zero-order chi connectivity index (χ0) is 25.6. The molecule has 6 rings (SSSR count). The Morgan fingerprint density at radius 2 is 1.62 bits per heavy atom. The molecular formula is C26H26FN9O. The van der Waals surface area contributed by atoms with Gasteiger partial charge in [-0.15, -0.1) is 0 Å². The maximum absolute atomic E-state index is 14.3. The van der Waals surface area contributed by atoms with E-state index < -0.39 is 11.4 Å². The van der Waals surface area contributed by atoms with Crippen LogP contribution in [0.25, 0.3) is 16.6 Å². The van der Waals surface area contributed by atoms with Gasteiger partial charge in [0.25, 0.3) is 0 Å². The number of aliphatic hydroxyl groups is 1. The van der Waals surface area contributed by atoms with Crippen LogP contribution in [0, 0.1) is 5.82 Å². The molecule has 1 aromatic carbocycles. The predicted molar refractivity (Wildman–Crippen MR) is 137 cm³/mol. The van der Waals surface area contributed by atoms with Gasteiger partial charge in [0.2, 0.25) is 5.95 Å². The highest BCUT2D eigenvalue weighted by Gasteiger charge is 2.30. The Morgan fingerprint density at radius 3 is 2.32 bits per heavy atom. The zero-order valence-electron chi connectivity index (χ0n) is 20.5. The van der Waals surface area contributed by atoms with Crippen LogP contribution in [0.15, 0.2) is 67.6 Å². The molecule has 11 heteroatoms. The van der Waals surface area contributed by atoms with Crippen LogP contribution < -0.4 is 9.80 Å². The van der Waals surface area contributed by atoms with Crippen molar-refractivity contribution in [2.75, 3.05) is 36.0 Å². The molecule has 0 spiro atoms. The van der Waals surface area contributed by atoms with E-state index in [2.05, 4.69) is 41.0 Å². The van der Waals surface area contributed by atoms with Crippen LogP contribution in [0.5, 0.6) is 0 Å². The van der Waals surface area contributed by atoms with Crippen LogP contribution in [0.4, 0.5) is 16.2 Å². The molecule has 1 aliphatic rings. The minimum atomic E-state index is -1.53. The molecule has 0 saturated carbocycles. The molecule has 0 radical (unpaired) electrons. The summed E-state index contributed by atoms with van der Waals surface area (Å²) in [5.74, 6) is 0.978. The lowest BCUT2D eigenvalue weighted by Gasteiger charge is -2.35. The minimum Gasteiger partial charge on any atom is -0.380 e. The second-order valence-corrected chi connectivity index (χ2v) is 9.34. The quantitative estimate of drug-likeness (QED) is 0.394. The van der Waals surface area contributed by atoms with Gasteiger partial charge in [-0.2, -0.15) is 10.2 Å². The van der Waals surface area contributed by atoms with Gasteiger partial charge in [0.05, 0.1) is 6.20 Å². The molecule has 37 heavy (non-hydrogen) atoms. The summed E-state index contributed by atoms with van der Waals surface area (Å²) >= 11 is 0. The van der Waals surface area contributed by atoms with Gasteiger partial charge < -0.3 is 14.9 Å². The normalized spacial score (nSPS) is 15.8. The highest BCUT2D eigenvalue weighted by atomic mass is 19.1. The lowest BCUT2D eigenvalue weighted by Crippen LogP contribution is -2.47. The molecule has 10 nitrogen and oxygen atoms in total. The van der Waals surface area contributed by atoms with E-state index in [0.29, 0.717) is 24.6 Å². The molecule has 5 heterocycles. The molecule has 0 aliphatic carbocycles. The molecule has 1 atom stereocenters. The van der Waals surface area contributed by atoms with Gasteiger partial charge >= 0.3 is 0 Å². The number of halogens is 1. The molecule has 1 unspecified atom stereocenters. The monoisotopic (exact) mass is 499 g/mol. The fourth-order valence-corrected chi connectivity index (χ4v) is 4.75. The largest absolute Gasteiger partial charge is 0.380 e. The van der Waals surface area contributed by atoms with Crippen molar-refractivity contribution in [1.29, 1.82) is 0 Å². The summed E-state index contributed by atoms with van der Waals surface area (Å²) in [5.41, 5.74) is 2.08. The molecule has 1 saturated heterocycles. The van der Waals surface area contributed by atoms with Crippen molar-refractivity contribution < 1.29 is 9.50 Å². The van der Waals surface area contributed by atoms with E-state index in [0.717, 1.165) is 35.6 Å². The number of benzene rings is 1. The van der Waals surface area contributed by atoms with E-state index in [1.807, 2.05) is 30.2 Å². The predicted octanol–water partition coefficient (Wildman–Crippen LogP) is 2.64. The molecular weight excluding hydrogens is 473 g/mol. The van der Waals surface area contributed by atoms with E-state index in [1.54, 1.807) is 48.5 Å². The number of fused-ring (bicyclic) bond motifs is 1. The standard InChI is InChI=1S/C26H26FN9O/c1-26(37,21-5-3-4-6-22(21)27)20-13-28-25(29-14-20)35-9-7-34(8-10-35)24-23-11-18(16-36(23)32-17-30-24)19-12-31-33(2)15-19/h3-6,11-17,37H,7-10H2,1-2H3. The van der Waals surface area contributed by atoms with Gasteiger partial charge in [-0.05, 0) is 19.1 Å². The Kier molecular flexibility index (Phi) is 5.56. The van der Waals surface area contributed by atoms with Gasteiger partial charge in [0, 0.05) is 80.3 Å². The third kappa shape index (κ3) is 4.16. The number of rotatable bonds is 5. The maximum atomic E-state index is 14.3. The molecule has 0 amide bonds. The Morgan fingerprint density at radius 1 is 0.892 bits per heavy atom. The van der Waals surface area contributed by atoms with Crippen molar-refractivity contribution in [2.24, 2.45) is 7.05 Å². The van der Waals surface area contributed by atoms with Crippen molar-refractivity contribution in [3.05, 3.63) is 84.6 Å². The lowest BCUT2D eigenvalue weighted by atomic mass is 9.90. The second kappa shape index (κ2) is 8.93. The zero-order valence-corrected chi connectivity index (χ0v) is 20.5. The number of hydrogen-bond acceptors (Lipinski definition) is 8. The average Bonchev–Trinajstić information content (AvgIpc) is 3.55. The van der Waals surface area contributed by atoms with Crippen molar-refractivity contribution in [3.63, 3.8) is 0 Å². The fraction of sp³-hybridized carbons (Fsp3) is 0.269. The first-order chi connectivity index (χ1) is 17.9. The molecule has 1 N–H and O–H groups in total. The summed E-state index contributed by atoms with van der Waals surface area (Å²) in [5, 5.41) is 19.7. The van der Waals surface area contributed by atoms with Crippen LogP contribution >= 0.6 is 0 Å². The van der Waals surface area contributed by atoms with Gasteiger partial charge in [0.15, 0.2) is 5.82 Å². The van der Waals surface area contributed by atoms with Crippen LogP contribution in [-0.2, 0) is 12.6 Å². The van der Waals surface area contributed by atoms with Crippen molar-refractivity contribution >= 4 is 17.3 Å². The van der Waals surface area contributed by atoms with Gasteiger partial charge in [-0.3, -0.25) is 4.68 Å². The molecule has 0 bridgehead atoms. The Labute approximate surface area is 212 Å². The second-order valence-electron chi connectivity index (χ2n) is 9.34. The van der Waals surface area contributed by atoms with E-state index in [9.17, 15) is 9.50 Å². The summed E-state index contributed by atoms with van der Waals surface area (Å²) in [4.78, 5) is 17.9. The van der Waals surface area contributed by atoms with Crippen molar-refractivity contribution in [3.8, 4) is 11.1 Å². The average molecular weight is 500 g/mol. The first-order valence-corrected chi connectivity index (χ1v) is 12.0. The molecule has 4 aromatic heterocycles. The van der Waals surface area contributed by atoms with Crippen LogP contribution in [0.2, 0.25) is 0 Å². The van der Waals surface area contributed by atoms with E-state index in [1.165, 1.54) is 6.07 Å². The molecule has 1 aliphatic heterocycles. The number of hydrogen-bond donors (Lipinski definition) is 1. The molecule has 1 fully saturated rings. The Balaban J connectivity index is 1.17. The Bertz CT molecular complexity index is 1550. The van der Waals surface area contributed by atoms with Crippen molar-refractivity contribution in [1.82, 2.24) is 34.3 Å². The van der Waals surface area contributed by atoms with Crippen LogP contribution in [-0.4, -0.2) is 65.6 Å². The fourth-order valence-electron chi connectivity index (χ4n) is 4.75. The SMILES string of the molecule is Cn1cc(-c2cc3c(N4CCN(c5ncc(C(C)(O)c6ccccc6F)cn5)CC4)ncnn3c2)cn1. The highest BCUT2D eigenvalue weighted by Crippen LogP contribution is 2.31. The van der Waals surface area contributed by atoms with E-state index >= 15 is 0 Å². The number of anilines is 2. The van der Waals surface area contributed by atoms with Crippen LogP contribution in [0.1, 0.15) is 18.1 Å². The van der Waals surface area contributed by atoms with Crippen LogP contribution in [0.3, 0.4) is 0 Å². The van der Waals surface area contributed by atoms with E-state index in [-0.39, 0.29) is 5.56 Å². The first kappa shape index (κ1) is 23.0. The van der Waals surface area contributed by atoms with Gasteiger partial charge in [-0.1, -0.05) is 18.2 Å². The number of nitrogens with zero attached hydrogens (tertiary/aromatic N) is 9. The van der Waals surface area contributed by atoms with Gasteiger partial charge in [-0.25, -0.2) is 23.9 Å². The summed E-state index contributed by atoms with van der Waals surface area (Å²) in [6, 6.07) is 8.27. The van der Waals surface area contributed by atoms with Gasteiger partial charge in [0.1, 0.15) is 23.3 Å². The first-order valence-electron chi connectivity index (χ1n) is 12.0. The summed E-state index contributed by atoms with van der Waals surface area (Å²) in [6.45, 7) is 4.42. The van der Waals surface area contributed by atoms with E-state index in [4.69, 9.17) is 0 Å². The smallest absolute Gasteiger partial charge is 0.225 e. The highest BCUT2D eigenvalue weighted by molar-refractivity contribution is 5.77. The third-order valence-electron chi connectivity index (χ3n) is 6.88. The summed E-state index contributed by atoms with van der Waals surface area (Å²) in [6.07, 6.45) is 10.5. The number of piperazine rings is 1. The topological polar surface area (TPSA) is 100 Å². The Hall–Kier alpha value is -4.38. The minimum absolute atomic E-state index is 0.188. The summed E-state index contributed by atoms with van der Waals surface area (Å²) < 4.78 is 17.9. The molecule has 5 aromatic rings. The summed E-state index contributed by atoms with van der Waals surface area (Å²) in [7, 11) is 1.90. The third-order valence-corrected chi connectivity index (χ3v) is 6.88. The van der Waals surface area contributed by atoms with Crippen molar-refractivity contribution in [2.45, 2.75) is 12.5 Å². The maximum Gasteiger partial charge on any atom is 0.225 e. The number of aromatic nitrogens is 7. The number of aryl methyl sites for hydroxylation is 1.